The molecule has 2 unspecified atom stereocenters. The summed E-state index contributed by atoms with van der Waals surface area (Å²) in [7, 11) is 1.60. The van der Waals surface area contributed by atoms with Gasteiger partial charge in [0.25, 0.3) is 5.91 Å². The van der Waals surface area contributed by atoms with Crippen molar-refractivity contribution in [2.75, 3.05) is 13.7 Å². The van der Waals surface area contributed by atoms with Gasteiger partial charge in [-0.15, -0.1) is 0 Å². The van der Waals surface area contributed by atoms with E-state index in [2.05, 4.69) is 5.32 Å². The molecule has 2 atom stereocenters. The summed E-state index contributed by atoms with van der Waals surface area (Å²) >= 11 is 6.14. The quantitative estimate of drug-likeness (QED) is 0.773. The number of aliphatic hydroxyl groups is 1. The number of halogens is 1. The molecular formula is C21H21ClN2O4. The van der Waals surface area contributed by atoms with Crippen LogP contribution in [0.15, 0.2) is 42.5 Å². The van der Waals surface area contributed by atoms with Crippen LogP contribution in [-0.4, -0.2) is 35.6 Å². The van der Waals surface area contributed by atoms with E-state index in [4.69, 9.17) is 16.3 Å². The fourth-order valence-corrected chi connectivity index (χ4v) is 4.42. The third-order valence-corrected chi connectivity index (χ3v) is 5.91. The van der Waals surface area contributed by atoms with Gasteiger partial charge in [0.05, 0.1) is 19.8 Å². The van der Waals surface area contributed by atoms with E-state index >= 15 is 0 Å². The van der Waals surface area contributed by atoms with Gasteiger partial charge in [-0.3, -0.25) is 9.69 Å². The van der Waals surface area contributed by atoms with E-state index in [0.717, 1.165) is 34.6 Å². The molecule has 2 aliphatic rings. The van der Waals surface area contributed by atoms with Crippen LogP contribution in [0.5, 0.6) is 5.75 Å². The molecule has 28 heavy (non-hydrogen) atoms. The Labute approximate surface area is 168 Å². The third-order valence-electron chi connectivity index (χ3n) is 5.57. The Bertz CT molecular complexity index is 948. The Hall–Kier alpha value is -2.57. The van der Waals surface area contributed by atoms with E-state index in [0.29, 0.717) is 17.0 Å². The first kappa shape index (κ1) is 18.8. The van der Waals surface area contributed by atoms with Gasteiger partial charge in [0.1, 0.15) is 11.3 Å². The van der Waals surface area contributed by atoms with Crippen LogP contribution in [-0.2, 0) is 16.8 Å². The zero-order valence-electron chi connectivity index (χ0n) is 15.4. The highest BCUT2D eigenvalue weighted by atomic mass is 35.5. The Kier molecular flexibility index (Phi) is 4.77. The number of nitrogens with one attached hydrogen (secondary N) is 1. The average molecular weight is 401 g/mol. The lowest BCUT2D eigenvalue weighted by molar-refractivity contribution is -0.133. The molecule has 2 aromatic rings. The molecule has 0 bridgehead atoms. The summed E-state index contributed by atoms with van der Waals surface area (Å²) in [4.78, 5) is 27.1. The van der Waals surface area contributed by atoms with Crippen LogP contribution in [0.25, 0.3) is 0 Å². The van der Waals surface area contributed by atoms with Crippen LogP contribution >= 0.6 is 11.6 Å². The summed E-state index contributed by atoms with van der Waals surface area (Å²) in [6.07, 6.45) is 1.06. The normalized spacial score (nSPS) is 22.2. The number of hydrogen-bond donors (Lipinski definition) is 2. The second-order valence-electron chi connectivity index (χ2n) is 7.17. The lowest BCUT2D eigenvalue weighted by Crippen LogP contribution is -2.46. The van der Waals surface area contributed by atoms with Crippen molar-refractivity contribution >= 4 is 23.5 Å². The molecule has 0 aromatic heterocycles. The number of nitrogens with zero attached hydrogens (tertiary/aromatic N) is 1. The molecule has 2 aromatic carbocycles. The zero-order chi connectivity index (χ0) is 19.9. The molecule has 6 nitrogen and oxygen atoms in total. The van der Waals surface area contributed by atoms with Crippen LogP contribution in [0.2, 0.25) is 5.02 Å². The molecule has 4 rings (SSSR count). The zero-order valence-corrected chi connectivity index (χ0v) is 16.2. The highest BCUT2D eigenvalue weighted by Gasteiger charge is 2.54. The number of aliphatic hydroxyl groups excluding tert-OH is 1. The fraction of sp³-hybridized carbons (Fsp3) is 0.333. The van der Waals surface area contributed by atoms with Crippen LogP contribution in [0.4, 0.5) is 4.79 Å². The molecule has 3 amide bonds. The molecule has 146 valence electrons. The number of fused-ring (bicyclic) bond motifs is 2. The minimum absolute atomic E-state index is 0.151. The lowest BCUT2D eigenvalue weighted by Gasteiger charge is -2.33. The highest BCUT2D eigenvalue weighted by molar-refractivity contribution is 6.31. The van der Waals surface area contributed by atoms with Crippen molar-refractivity contribution in [3.63, 3.8) is 0 Å². The molecule has 1 heterocycles. The maximum atomic E-state index is 13.3. The topological polar surface area (TPSA) is 78.9 Å². The van der Waals surface area contributed by atoms with Gasteiger partial charge in [0.15, 0.2) is 0 Å². The molecule has 1 aliphatic heterocycles. The summed E-state index contributed by atoms with van der Waals surface area (Å²) < 4.78 is 5.28. The summed E-state index contributed by atoms with van der Waals surface area (Å²) in [5.41, 5.74) is 1.19. The number of benzene rings is 2. The monoisotopic (exact) mass is 400 g/mol. The number of carbonyl (C=O) groups is 2. The Morgan fingerprint density at radius 2 is 2.07 bits per heavy atom. The minimum Gasteiger partial charge on any atom is -0.497 e. The SMILES string of the molecule is COc1ccc2c(c1)CCCC21NC(=O)N(CC(O)c2ccccc2Cl)C1=O. The van der Waals surface area contributed by atoms with E-state index in [9.17, 15) is 14.7 Å². The third kappa shape index (κ3) is 2.93. The van der Waals surface area contributed by atoms with Crippen LogP contribution in [0, 0.1) is 0 Å². The van der Waals surface area contributed by atoms with Crippen LogP contribution in [0.3, 0.4) is 0 Å². The number of hydrogen-bond acceptors (Lipinski definition) is 4. The number of ether oxygens (including phenoxy) is 1. The first-order valence-corrected chi connectivity index (χ1v) is 9.58. The highest BCUT2D eigenvalue weighted by Crippen LogP contribution is 2.41. The van der Waals surface area contributed by atoms with Gasteiger partial charge in [-0.25, -0.2) is 4.79 Å². The molecule has 1 spiro atoms. The summed E-state index contributed by atoms with van der Waals surface area (Å²) in [6.45, 7) is -0.151. The molecule has 1 aliphatic carbocycles. The standard InChI is InChI=1S/C21H21ClN2O4/c1-28-14-8-9-16-13(11-14)5-4-10-21(16)19(26)24(20(27)23-21)12-18(25)15-6-2-3-7-17(15)22/h2-3,6-9,11,18,25H,4-5,10,12H2,1H3,(H,23,27). The van der Waals surface area contributed by atoms with Gasteiger partial charge in [-0.2, -0.15) is 0 Å². The van der Waals surface area contributed by atoms with Crippen molar-refractivity contribution in [2.45, 2.75) is 30.9 Å². The van der Waals surface area contributed by atoms with Crippen molar-refractivity contribution in [3.05, 3.63) is 64.2 Å². The average Bonchev–Trinajstić information content (AvgIpc) is 2.92. The van der Waals surface area contributed by atoms with Crippen LogP contribution < -0.4 is 10.1 Å². The van der Waals surface area contributed by atoms with Crippen molar-refractivity contribution in [3.8, 4) is 5.75 Å². The number of imide groups is 1. The number of methoxy groups -OCH3 is 1. The smallest absolute Gasteiger partial charge is 0.325 e. The summed E-state index contributed by atoms with van der Waals surface area (Å²) in [6, 6.07) is 11.9. The lowest BCUT2D eigenvalue weighted by atomic mass is 9.76. The van der Waals surface area contributed by atoms with Crippen LogP contribution in [0.1, 0.15) is 35.6 Å². The minimum atomic E-state index is -1.09. The number of β-amino-alcohol motifs (C(OH)–C–C–N with tert-alkyl or cyclic N) is 1. The maximum Gasteiger partial charge on any atom is 0.325 e. The Morgan fingerprint density at radius 1 is 1.29 bits per heavy atom. The van der Waals surface area contributed by atoms with Gasteiger partial charge in [0, 0.05) is 10.6 Å². The first-order chi connectivity index (χ1) is 13.5. The number of rotatable bonds is 4. The second kappa shape index (κ2) is 7.11. The largest absolute Gasteiger partial charge is 0.497 e. The van der Waals surface area contributed by atoms with Gasteiger partial charge >= 0.3 is 6.03 Å². The number of aryl methyl sites for hydroxylation is 1. The van der Waals surface area contributed by atoms with Gasteiger partial charge in [0.2, 0.25) is 0 Å². The van der Waals surface area contributed by atoms with Crippen molar-refractivity contribution in [2.24, 2.45) is 0 Å². The molecule has 0 saturated carbocycles. The van der Waals surface area contributed by atoms with Crippen molar-refractivity contribution < 1.29 is 19.4 Å². The van der Waals surface area contributed by atoms with E-state index < -0.39 is 17.7 Å². The Balaban J connectivity index is 1.64. The first-order valence-electron chi connectivity index (χ1n) is 9.20. The number of carbonyl (C=O) groups excluding carboxylic acids is 2. The second-order valence-corrected chi connectivity index (χ2v) is 7.57. The molecule has 1 fully saturated rings. The maximum absolute atomic E-state index is 13.3. The number of urea groups is 1. The van der Waals surface area contributed by atoms with Crippen molar-refractivity contribution in [1.29, 1.82) is 0 Å². The summed E-state index contributed by atoms with van der Waals surface area (Å²) in [5.74, 6) is 0.383. The Morgan fingerprint density at radius 3 is 2.82 bits per heavy atom. The van der Waals surface area contributed by atoms with E-state index in [1.807, 2.05) is 12.1 Å². The molecule has 0 radical (unpaired) electrons. The van der Waals surface area contributed by atoms with E-state index in [-0.39, 0.29) is 12.5 Å². The fourth-order valence-electron chi connectivity index (χ4n) is 4.16. The molecule has 2 N–H and O–H groups in total. The predicted octanol–water partition coefficient (Wildman–Crippen LogP) is 3.17. The molecule has 1 saturated heterocycles. The molecule has 7 heteroatoms. The predicted molar refractivity (Wildman–Crippen MR) is 104 cm³/mol. The van der Waals surface area contributed by atoms with Gasteiger partial charge in [-0.05, 0) is 48.6 Å². The van der Waals surface area contributed by atoms with E-state index in [1.165, 1.54) is 0 Å². The van der Waals surface area contributed by atoms with Crippen molar-refractivity contribution in [1.82, 2.24) is 10.2 Å². The van der Waals surface area contributed by atoms with Gasteiger partial charge in [-0.1, -0.05) is 35.9 Å². The molecular weight excluding hydrogens is 380 g/mol. The number of amides is 3. The van der Waals surface area contributed by atoms with E-state index in [1.54, 1.807) is 37.4 Å². The van der Waals surface area contributed by atoms with Gasteiger partial charge < -0.3 is 15.2 Å². The summed E-state index contributed by atoms with van der Waals surface area (Å²) in [5, 5.41) is 13.9.